The van der Waals surface area contributed by atoms with Crippen LogP contribution in [-0.4, -0.2) is 43.6 Å². The molecule has 3 aromatic rings. The van der Waals surface area contributed by atoms with Crippen molar-refractivity contribution in [3.8, 4) is 23.0 Å². The van der Waals surface area contributed by atoms with E-state index in [1.165, 1.54) is 36.2 Å². The Bertz CT molecular complexity index is 1530. The van der Waals surface area contributed by atoms with Gasteiger partial charge in [-0.05, 0) is 49.8 Å². The van der Waals surface area contributed by atoms with E-state index >= 15 is 0 Å². The summed E-state index contributed by atoms with van der Waals surface area (Å²) < 4.78 is 23.3. The van der Waals surface area contributed by atoms with E-state index in [0.717, 1.165) is 0 Å². The zero-order valence-electron chi connectivity index (χ0n) is 20.5. The number of thiazole rings is 1. The second-order valence-electron chi connectivity index (χ2n) is 7.84. The molecule has 0 fully saturated rings. The van der Waals surface area contributed by atoms with Crippen LogP contribution in [0.2, 0.25) is 0 Å². The molecule has 0 radical (unpaired) electrons. The predicted molar refractivity (Wildman–Crippen MR) is 135 cm³/mol. The molecule has 36 heavy (non-hydrogen) atoms. The third kappa shape index (κ3) is 4.47. The smallest absolute Gasteiger partial charge is 0.338 e. The lowest BCUT2D eigenvalue weighted by Crippen LogP contribution is -2.40. The molecule has 4 rings (SSSR count). The highest BCUT2D eigenvalue weighted by molar-refractivity contribution is 7.07. The van der Waals surface area contributed by atoms with Gasteiger partial charge >= 0.3 is 5.97 Å². The fraction of sp³-hybridized carbons (Fsp3) is 0.269. The van der Waals surface area contributed by atoms with Crippen molar-refractivity contribution in [3.63, 3.8) is 0 Å². The molecule has 1 aliphatic rings. The Morgan fingerprint density at radius 1 is 1.11 bits per heavy atom. The minimum absolute atomic E-state index is 0.00239. The third-order valence-corrected chi connectivity index (χ3v) is 6.74. The van der Waals surface area contributed by atoms with Gasteiger partial charge in [0.15, 0.2) is 16.3 Å². The maximum atomic E-state index is 13.7. The molecule has 1 aliphatic heterocycles. The van der Waals surface area contributed by atoms with Crippen LogP contribution in [0.4, 0.5) is 0 Å². The van der Waals surface area contributed by atoms with E-state index in [9.17, 15) is 14.7 Å². The highest BCUT2D eigenvalue weighted by Crippen LogP contribution is 2.37. The van der Waals surface area contributed by atoms with E-state index < -0.39 is 12.0 Å². The summed E-state index contributed by atoms with van der Waals surface area (Å²) in [6.45, 7) is 3.62. The van der Waals surface area contributed by atoms with Gasteiger partial charge in [0.1, 0.15) is 17.5 Å². The molecule has 0 spiro atoms. The quantitative estimate of drug-likeness (QED) is 0.487. The van der Waals surface area contributed by atoms with Gasteiger partial charge in [0.2, 0.25) is 0 Å². The lowest BCUT2D eigenvalue weighted by Gasteiger charge is -2.26. The highest BCUT2D eigenvalue weighted by Gasteiger charge is 2.35. The molecular weight excluding hydrogens is 484 g/mol. The standard InChI is InChI=1S/C26H26N2O7S/c1-6-35-25(31)22-14(2)27-26-28(23(22)17-9-8-16(32-3)13-19(17)33-4)24(30)21(36-26)12-15-7-10-18(29)20(11-15)34-5/h7-13,23,29H,6H2,1-5H3/b21-12-/t23-/m0/s1. The Hall–Kier alpha value is -4.05. The van der Waals surface area contributed by atoms with Crippen molar-refractivity contribution in [1.29, 1.82) is 0 Å². The van der Waals surface area contributed by atoms with Gasteiger partial charge < -0.3 is 24.1 Å². The minimum Gasteiger partial charge on any atom is -0.504 e. The number of fused-ring (bicyclic) bond motifs is 1. The van der Waals surface area contributed by atoms with E-state index in [2.05, 4.69) is 4.99 Å². The summed E-state index contributed by atoms with van der Waals surface area (Å²) in [5, 5.41) is 9.90. The number of carbonyl (C=O) groups excluding carboxylic acids is 1. The maximum absolute atomic E-state index is 13.7. The van der Waals surface area contributed by atoms with Crippen LogP contribution in [0.3, 0.4) is 0 Å². The summed E-state index contributed by atoms with van der Waals surface area (Å²) in [7, 11) is 4.51. The first kappa shape index (κ1) is 25.1. The van der Waals surface area contributed by atoms with E-state index in [4.69, 9.17) is 18.9 Å². The lowest BCUT2D eigenvalue weighted by atomic mass is 9.95. The van der Waals surface area contributed by atoms with Crippen molar-refractivity contribution >= 4 is 23.4 Å². The summed E-state index contributed by atoms with van der Waals surface area (Å²) in [6, 6.07) is 9.19. The monoisotopic (exact) mass is 510 g/mol. The number of esters is 1. The van der Waals surface area contributed by atoms with E-state index in [-0.39, 0.29) is 29.2 Å². The molecule has 0 aliphatic carbocycles. The van der Waals surface area contributed by atoms with Crippen LogP contribution in [0.5, 0.6) is 23.0 Å². The molecule has 0 saturated carbocycles. The van der Waals surface area contributed by atoms with Crippen molar-refractivity contribution in [2.24, 2.45) is 4.99 Å². The zero-order chi connectivity index (χ0) is 26.0. The first-order chi connectivity index (χ1) is 17.3. The molecule has 0 unspecified atom stereocenters. The van der Waals surface area contributed by atoms with Gasteiger partial charge in [-0.1, -0.05) is 17.4 Å². The van der Waals surface area contributed by atoms with Gasteiger partial charge in [-0.3, -0.25) is 9.36 Å². The van der Waals surface area contributed by atoms with Crippen LogP contribution in [0.25, 0.3) is 6.08 Å². The number of hydrogen-bond acceptors (Lipinski definition) is 9. The molecule has 0 bridgehead atoms. The first-order valence-electron chi connectivity index (χ1n) is 11.1. The highest BCUT2D eigenvalue weighted by atomic mass is 32.1. The Balaban J connectivity index is 1.98. The van der Waals surface area contributed by atoms with Gasteiger partial charge in [0.05, 0.1) is 43.7 Å². The SMILES string of the molecule is CCOC(=O)C1=C(C)N=c2s/c(=C\c3ccc(O)c(OC)c3)c(=O)n2[C@H]1c1ccc(OC)cc1OC. The Morgan fingerprint density at radius 2 is 1.86 bits per heavy atom. The fourth-order valence-electron chi connectivity index (χ4n) is 4.07. The number of benzene rings is 2. The summed E-state index contributed by atoms with van der Waals surface area (Å²) in [4.78, 5) is 31.8. The normalized spacial score (nSPS) is 15.2. The number of carbonyl (C=O) groups is 1. The summed E-state index contributed by atoms with van der Waals surface area (Å²) in [5.41, 5.74) is 1.63. The molecule has 0 saturated heterocycles. The number of rotatable bonds is 7. The number of aromatic hydroxyl groups is 1. The molecule has 10 heteroatoms. The predicted octanol–water partition coefficient (Wildman–Crippen LogP) is 2.53. The second kappa shape index (κ2) is 10.3. The molecular formula is C26H26N2O7S. The Morgan fingerprint density at radius 3 is 2.53 bits per heavy atom. The number of phenolic OH excluding ortho intramolecular Hbond substituents is 1. The number of aromatic nitrogens is 1. The van der Waals surface area contributed by atoms with Gasteiger partial charge in [-0.15, -0.1) is 0 Å². The van der Waals surface area contributed by atoms with E-state index in [0.29, 0.717) is 37.7 Å². The van der Waals surface area contributed by atoms with Crippen LogP contribution in [0.1, 0.15) is 31.0 Å². The van der Waals surface area contributed by atoms with Crippen molar-refractivity contribution < 1.29 is 28.8 Å². The Labute approximate surface area is 211 Å². The van der Waals surface area contributed by atoms with Gasteiger partial charge in [-0.25, -0.2) is 9.79 Å². The third-order valence-electron chi connectivity index (χ3n) is 5.75. The largest absolute Gasteiger partial charge is 0.504 e. The number of hydrogen-bond donors (Lipinski definition) is 1. The molecule has 2 heterocycles. The molecule has 1 atom stereocenters. The van der Waals surface area contributed by atoms with Crippen molar-refractivity contribution in [2.75, 3.05) is 27.9 Å². The average molecular weight is 511 g/mol. The van der Waals surface area contributed by atoms with Crippen LogP contribution in [0.15, 0.2) is 57.5 Å². The molecule has 2 aromatic carbocycles. The van der Waals surface area contributed by atoms with Crippen molar-refractivity contribution in [1.82, 2.24) is 4.57 Å². The minimum atomic E-state index is -0.822. The van der Waals surface area contributed by atoms with Crippen molar-refractivity contribution in [3.05, 3.63) is 78.5 Å². The van der Waals surface area contributed by atoms with Crippen LogP contribution in [-0.2, 0) is 9.53 Å². The van der Waals surface area contributed by atoms with Gasteiger partial charge in [-0.2, -0.15) is 0 Å². The molecule has 1 aromatic heterocycles. The Kier molecular flexibility index (Phi) is 7.16. The van der Waals surface area contributed by atoms with Gasteiger partial charge in [0.25, 0.3) is 5.56 Å². The number of ether oxygens (including phenoxy) is 4. The van der Waals surface area contributed by atoms with Crippen LogP contribution >= 0.6 is 11.3 Å². The van der Waals surface area contributed by atoms with E-state index in [1.54, 1.807) is 57.4 Å². The average Bonchev–Trinajstić information content (AvgIpc) is 3.18. The number of nitrogens with zero attached hydrogens (tertiary/aromatic N) is 2. The summed E-state index contributed by atoms with van der Waals surface area (Å²) >= 11 is 1.20. The number of phenols is 1. The molecule has 1 N–H and O–H groups in total. The maximum Gasteiger partial charge on any atom is 0.338 e. The first-order valence-corrected chi connectivity index (χ1v) is 11.9. The fourth-order valence-corrected chi connectivity index (χ4v) is 5.11. The molecule has 188 valence electrons. The topological polar surface area (TPSA) is 109 Å². The van der Waals surface area contributed by atoms with Crippen LogP contribution < -0.4 is 29.1 Å². The molecule has 9 nitrogen and oxygen atoms in total. The molecule has 0 amide bonds. The lowest BCUT2D eigenvalue weighted by molar-refractivity contribution is -0.139. The zero-order valence-corrected chi connectivity index (χ0v) is 21.3. The summed E-state index contributed by atoms with van der Waals surface area (Å²) in [5.74, 6) is 0.755. The number of allylic oxidation sites excluding steroid dienone is 1. The second-order valence-corrected chi connectivity index (χ2v) is 8.85. The van der Waals surface area contributed by atoms with E-state index in [1.807, 2.05) is 0 Å². The van der Waals surface area contributed by atoms with Gasteiger partial charge in [0, 0.05) is 11.6 Å². The van der Waals surface area contributed by atoms with Crippen molar-refractivity contribution in [2.45, 2.75) is 19.9 Å². The number of methoxy groups -OCH3 is 3. The summed E-state index contributed by atoms with van der Waals surface area (Å²) in [6.07, 6.45) is 1.69. The van der Waals surface area contributed by atoms with Crippen LogP contribution in [0, 0.1) is 0 Å².